The van der Waals surface area contributed by atoms with Crippen molar-refractivity contribution in [3.8, 4) is 5.75 Å². The molecule has 0 heterocycles. The number of benzene rings is 1. The maximum absolute atomic E-state index is 5.99. The average molecular weight is 335 g/mol. The van der Waals surface area contributed by atoms with Crippen LogP contribution in [0.4, 0.5) is 5.69 Å². The van der Waals surface area contributed by atoms with Gasteiger partial charge in [-0.2, -0.15) is 0 Å². The van der Waals surface area contributed by atoms with Gasteiger partial charge in [0.2, 0.25) is 0 Å². The zero-order valence-electron chi connectivity index (χ0n) is 10.3. The van der Waals surface area contributed by atoms with Crippen LogP contribution in [0.3, 0.4) is 0 Å². The summed E-state index contributed by atoms with van der Waals surface area (Å²) in [7, 11) is 1.75. The van der Waals surface area contributed by atoms with Crippen molar-refractivity contribution in [1.29, 1.82) is 0 Å². The van der Waals surface area contributed by atoms with E-state index in [1.54, 1.807) is 19.2 Å². The maximum Gasteiger partial charge on any atom is 0.156 e. The van der Waals surface area contributed by atoms with E-state index in [-0.39, 0.29) is 12.2 Å². The molecular formula is C13H17BrClNO2. The van der Waals surface area contributed by atoms with Gasteiger partial charge in [-0.25, -0.2) is 0 Å². The van der Waals surface area contributed by atoms with Gasteiger partial charge in [-0.15, -0.1) is 0 Å². The normalized spacial score (nSPS) is 23.9. The van der Waals surface area contributed by atoms with Gasteiger partial charge in [0.15, 0.2) is 5.75 Å². The van der Waals surface area contributed by atoms with E-state index in [0.29, 0.717) is 16.5 Å². The highest BCUT2D eigenvalue weighted by atomic mass is 79.9. The van der Waals surface area contributed by atoms with Crippen molar-refractivity contribution >= 4 is 33.2 Å². The Kier molecular flexibility index (Phi) is 4.76. The van der Waals surface area contributed by atoms with Crippen molar-refractivity contribution < 1.29 is 9.47 Å². The molecule has 2 atom stereocenters. The SMILES string of the molecule is COC1CCCC(Oc2c(N)cc(Cl)cc2Br)C1. The lowest BCUT2D eigenvalue weighted by Crippen LogP contribution is -2.29. The Hall–Kier alpha value is -0.450. The number of ether oxygens (including phenoxy) is 2. The Morgan fingerprint density at radius 3 is 2.72 bits per heavy atom. The second-order valence-electron chi connectivity index (χ2n) is 4.57. The van der Waals surface area contributed by atoms with Crippen LogP contribution < -0.4 is 10.5 Å². The van der Waals surface area contributed by atoms with Gasteiger partial charge in [0.25, 0.3) is 0 Å². The quantitative estimate of drug-likeness (QED) is 0.849. The van der Waals surface area contributed by atoms with Crippen LogP contribution in [0.15, 0.2) is 16.6 Å². The van der Waals surface area contributed by atoms with Crippen molar-refractivity contribution in [2.75, 3.05) is 12.8 Å². The molecule has 1 aliphatic rings. The summed E-state index contributed by atoms with van der Waals surface area (Å²) in [4.78, 5) is 0. The molecule has 5 heteroatoms. The van der Waals surface area contributed by atoms with Crippen LogP contribution in [0.2, 0.25) is 5.02 Å². The molecule has 3 nitrogen and oxygen atoms in total. The molecule has 0 amide bonds. The predicted octanol–water partition coefficient (Wildman–Crippen LogP) is 4.02. The second kappa shape index (κ2) is 6.13. The topological polar surface area (TPSA) is 44.5 Å². The third-order valence-corrected chi connectivity index (χ3v) is 4.04. The number of halogens is 2. The molecule has 2 unspecified atom stereocenters. The summed E-state index contributed by atoms with van der Waals surface area (Å²) < 4.78 is 12.2. The smallest absolute Gasteiger partial charge is 0.156 e. The third-order valence-electron chi connectivity index (χ3n) is 3.23. The fourth-order valence-corrected chi connectivity index (χ4v) is 3.22. The van der Waals surface area contributed by atoms with E-state index in [0.717, 1.165) is 30.2 Å². The standard InChI is InChI=1S/C13H17BrClNO2/c1-17-9-3-2-4-10(7-9)18-13-11(14)5-8(15)6-12(13)16/h5-6,9-10H,2-4,7,16H2,1H3. The molecule has 2 N–H and O–H groups in total. The molecule has 1 saturated carbocycles. The van der Waals surface area contributed by atoms with Crippen LogP contribution in [-0.4, -0.2) is 19.3 Å². The summed E-state index contributed by atoms with van der Waals surface area (Å²) in [6, 6.07) is 3.50. The first kappa shape index (κ1) is 14.0. The summed E-state index contributed by atoms with van der Waals surface area (Å²) in [6.07, 6.45) is 4.61. The Labute approximate surface area is 121 Å². The van der Waals surface area contributed by atoms with E-state index in [4.69, 9.17) is 26.8 Å². The Morgan fingerprint density at radius 2 is 2.06 bits per heavy atom. The van der Waals surface area contributed by atoms with Crippen LogP contribution in [-0.2, 0) is 4.74 Å². The summed E-state index contributed by atoms with van der Waals surface area (Å²) in [5.74, 6) is 0.682. The minimum atomic E-state index is 0.156. The zero-order valence-corrected chi connectivity index (χ0v) is 12.6. The number of methoxy groups -OCH3 is 1. The Morgan fingerprint density at radius 1 is 1.33 bits per heavy atom. The minimum absolute atomic E-state index is 0.156. The lowest BCUT2D eigenvalue weighted by Gasteiger charge is -2.29. The van der Waals surface area contributed by atoms with Crippen molar-refractivity contribution in [3.05, 3.63) is 21.6 Å². The number of hydrogen-bond donors (Lipinski definition) is 1. The highest BCUT2D eigenvalue weighted by Crippen LogP contribution is 2.37. The number of nitrogen functional groups attached to an aromatic ring is 1. The van der Waals surface area contributed by atoms with Gasteiger partial charge >= 0.3 is 0 Å². The highest BCUT2D eigenvalue weighted by Gasteiger charge is 2.24. The Balaban J connectivity index is 2.09. The van der Waals surface area contributed by atoms with E-state index < -0.39 is 0 Å². The maximum atomic E-state index is 5.99. The molecule has 1 aromatic rings. The summed E-state index contributed by atoms with van der Waals surface area (Å²) in [5, 5.41) is 0.602. The van der Waals surface area contributed by atoms with Crippen LogP contribution in [0.25, 0.3) is 0 Å². The molecule has 18 heavy (non-hydrogen) atoms. The van der Waals surface area contributed by atoms with Crippen LogP contribution in [0.1, 0.15) is 25.7 Å². The molecule has 1 fully saturated rings. The lowest BCUT2D eigenvalue weighted by atomic mass is 9.95. The predicted molar refractivity (Wildman–Crippen MR) is 77.2 cm³/mol. The fourth-order valence-electron chi connectivity index (χ4n) is 2.29. The van der Waals surface area contributed by atoms with Gasteiger partial charge in [0.05, 0.1) is 16.3 Å². The van der Waals surface area contributed by atoms with Crippen molar-refractivity contribution in [2.24, 2.45) is 0 Å². The first-order valence-electron chi connectivity index (χ1n) is 6.04. The molecule has 0 aromatic heterocycles. The molecule has 1 aromatic carbocycles. The molecule has 2 rings (SSSR count). The number of anilines is 1. The molecule has 0 aliphatic heterocycles. The molecule has 0 bridgehead atoms. The average Bonchev–Trinajstić information content (AvgIpc) is 2.34. The first-order valence-corrected chi connectivity index (χ1v) is 7.21. The molecule has 1 aliphatic carbocycles. The van der Waals surface area contributed by atoms with Crippen LogP contribution in [0.5, 0.6) is 5.75 Å². The number of hydrogen-bond acceptors (Lipinski definition) is 3. The van der Waals surface area contributed by atoms with Gasteiger partial charge in [0, 0.05) is 18.6 Å². The van der Waals surface area contributed by atoms with E-state index in [1.807, 2.05) is 0 Å². The van der Waals surface area contributed by atoms with Crippen LogP contribution in [0, 0.1) is 0 Å². The Bertz CT molecular complexity index is 404. The summed E-state index contributed by atoms with van der Waals surface area (Å²) >= 11 is 9.36. The largest absolute Gasteiger partial charge is 0.487 e. The van der Waals surface area contributed by atoms with Crippen molar-refractivity contribution in [1.82, 2.24) is 0 Å². The van der Waals surface area contributed by atoms with E-state index in [1.165, 1.54) is 0 Å². The molecule has 0 spiro atoms. The van der Waals surface area contributed by atoms with Gasteiger partial charge in [-0.1, -0.05) is 11.6 Å². The lowest BCUT2D eigenvalue weighted by molar-refractivity contribution is 0.0210. The molecular weight excluding hydrogens is 318 g/mol. The fraction of sp³-hybridized carbons (Fsp3) is 0.538. The number of rotatable bonds is 3. The second-order valence-corrected chi connectivity index (χ2v) is 5.86. The summed E-state index contributed by atoms with van der Waals surface area (Å²) in [5.41, 5.74) is 6.50. The van der Waals surface area contributed by atoms with Gasteiger partial charge in [-0.05, 0) is 47.3 Å². The van der Waals surface area contributed by atoms with Gasteiger partial charge in [-0.3, -0.25) is 0 Å². The molecule has 100 valence electrons. The number of nitrogens with two attached hydrogens (primary N) is 1. The van der Waals surface area contributed by atoms with E-state index >= 15 is 0 Å². The van der Waals surface area contributed by atoms with E-state index in [9.17, 15) is 0 Å². The van der Waals surface area contributed by atoms with Gasteiger partial charge < -0.3 is 15.2 Å². The van der Waals surface area contributed by atoms with Gasteiger partial charge in [0.1, 0.15) is 6.10 Å². The molecule has 0 saturated heterocycles. The third kappa shape index (κ3) is 3.31. The monoisotopic (exact) mass is 333 g/mol. The van der Waals surface area contributed by atoms with Crippen LogP contribution >= 0.6 is 27.5 Å². The highest BCUT2D eigenvalue weighted by molar-refractivity contribution is 9.10. The molecule has 0 radical (unpaired) electrons. The van der Waals surface area contributed by atoms with Crippen molar-refractivity contribution in [2.45, 2.75) is 37.9 Å². The van der Waals surface area contributed by atoms with Crippen molar-refractivity contribution in [3.63, 3.8) is 0 Å². The van der Waals surface area contributed by atoms with E-state index in [2.05, 4.69) is 15.9 Å². The zero-order chi connectivity index (χ0) is 13.1. The first-order chi connectivity index (χ1) is 8.60. The minimum Gasteiger partial charge on any atom is -0.487 e. The summed E-state index contributed by atoms with van der Waals surface area (Å²) in [6.45, 7) is 0.